The summed E-state index contributed by atoms with van der Waals surface area (Å²) in [7, 11) is 0. The molecule has 0 spiro atoms. The molecular weight excluding hydrogens is 272 g/mol. The van der Waals surface area contributed by atoms with Gasteiger partial charge >= 0.3 is 0 Å². The number of aliphatic hydroxyl groups is 1. The molecule has 1 nitrogen and oxygen atoms in total. The van der Waals surface area contributed by atoms with E-state index in [0.29, 0.717) is 0 Å². The van der Waals surface area contributed by atoms with Gasteiger partial charge in [0.05, 0.1) is 9.39 Å². The molecule has 0 saturated heterocycles. The van der Waals surface area contributed by atoms with Gasteiger partial charge in [0.1, 0.15) is 0 Å². The van der Waals surface area contributed by atoms with Crippen LogP contribution >= 0.6 is 27.3 Å². The standard InChI is InChI=1S/C12H17BrOS/c1-12(14,7-9-3-2-4-9)8-10-5-6-11(13)15-10/h5-6,9,14H,2-4,7-8H2,1H3. The first kappa shape index (κ1) is 11.6. The van der Waals surface area contributed by atoms with Crippen molar-refractivity contribution in [1.29, 1.82) is 0 Å². The Morgan fingerprint density at radius 1 is 1.53 bits per heavy atom. The summed E-state index contributed by atoms with van der Waals surface area (Å²) in [5, 5.41) is 10.3. The summed E-state index contributed by atoms with van der Waals surface area (Å²) < 4.78 is 1.15. The van der Waals surface area contributed by atoms with Crippen molar-refractivity contribution < 1.29 is 5.11 Å². The molecule has 1 fully saturated rings. The Bertz CT molecular complexity index is 328. The Labute approximate surface area is 104 Å². The fourth-order valence-corrected chi connectivity index (χ4v) is 3.87. The number of rotatable bonds is 4. The third kappa shape index (κ3) is 3.30. The molecule has 3 heteroatoms. The third-order valence-electron chi connectivity index (χ3n) is 3.14. The van der Waals surface area contributed by atoms with E-state index in [0.717, 1.165) is 22.5 Å². The van der Waals surface area contributed by atoms with Crippen molar-refractivity contribution >= 4 is 27.3 Å². The summed E-state index contributed by atoms with van der Waals surface area (Å²) in [6, 6.07) is 4.16. The molecular formula is C12H17BrOS. The van der Waals surface area contributed by atoms with E-state index in [2.05, 4.69) is 28.1 Å². The van der Waals surface area contributed by atoms with Gasteiger partial charge in [-0.25, -0.2) is 0 Å². The summed E-state index contributed by atoms with van der Waals surface area (Å²) in [6.07, 6.45) is 5.72. The largest absolute Gasteiger partial charge is 0.390 e. The third-order valence-corrected chi connectivity index (χ3v) is 4.76. The molecule has 0 aliphatic heterocycles. The highest BCUT2D eigenvalue weighted by atomic mass is 79.9. The Hall–Kier alpha value is 0.140. The van der Waals surface area contributed by atoms with Crippen molar-refractivity contribution in [3.8, 4) is 0 Å². The van der Waals surface area contributed by atoms with Crippen molar-refractivity contribution in [2.24, 2.45) is 5.92 Å². The first-order valence-corrected chi connectivity index (χ1v) is 7.13. The summed E-state index contributed by atoms with van der Waals surface area (Å²) in [6.45, 7) is 1.97. The highest BCUT2D eigenvalue weighted by molar-refractivity contribution is 9.11. The minimum Gasteiger partial charge on any atom is -0.390 e. The topological polar surface area (TPSA) is 20.2 Å². The zero-order valence-corrected chi connectivity index (χ0v) is 11.4. The molecule has 1 saturated carbocycles. The summed E-state index contributed by atoms with van der Waals surface area (Å²) in [4.78, 5) is 1.27. The van der Waals surface area contributed by atoms with Gasteiger partial charge in [0.2, 0.25) is 0 Å². The molecule has 1 aromatic rings. The number of hydrogen-bond acceptors (Lipinski definition) is 2. The van der Waals surface area contributed by atoms with Crippen LogP contribution in [0.25, 0.3) is 0 Å². The van der Waals surface area contributed by atoms with E-state index in [1.807, 2.05) is 6.92 Å². The van der Waals surface area contributed by atoms with Crippen LogP contribution in [-0.4, -0.2) is 10.7 Å². The second kappa shape index (κ2) is 4.56. The van der Waals surface area contributed by atoms with Gasteiger partial charge < -0.3 is 5.11 Å². The molecule has 1 heterocycles. The molecule has 0 aromatic carbocycles. The van der Waals surface area contributed by atoms with Crippen LogP contribution in [0.1, 0.15) is 37.5 Å². The minimum atomic E-state index is -0.518. The van der Waals surface area contributed by atoms with E-state index in [1.54, 1.807) is 11.3 Å². The zero-order valence-electron chi connectivity index (χ0n) is 9.00. The van der Waals surface area contributed by atoms with Crippen LogP contribution in [0.3, 0.4) is 0 Å². The predicted molar refractivity (Wildman–Crippen MR) is 68.3 cm³/mol. The van der Waals surface area contributed by atoms with Crippen LogP contribution in [0.15, 0.2) is 15.9 Å². The van der Waals surface area contributed by atoms with Gasteiger partial charge in [0.25, 0.3) is 0 Å². The number of hydrogen-bond donors (Lipinski definition) is 1. The minimum absolute atomic E-state index is 0.518. The number of halogens is 1. The highest BCUT2D eigenvalue weighted by Crippen LogP contribution is 2.36. The van der Waals surface area contributed by atoms with Crippen molar-refractivity contribution in [2.75, 3.05) is 0 Å². The lowest BCUT2D eigenvalue weighted by Gasteiger charge is -2.33. The molecule has 1 N–H and O–H groups in total. The van der Waals surface area contributed by atoms with Gasteiger partial charge in [-0.15, -0.1) is 11.3 Å². The monoisotopic (exact) mass is 288 g/mol. The average Bonchev–Trinajstić information content (AvgIpc) is 2.43. The van der Waals surface area contributed by atoms with E-state index >= 15 is 0 Å². The first-order chi connectivity index (χ1) is 7.05. The van der Waals surface area contributed by atoms with Crippen LogP contribution in [-0.2, 0) is 6.42 Å². The lowest BCUT2D eigenvalue weighted by molar-refractivity contribution is 0.0211. The van der Waals surface area contributed by atoms with Crippen LogP contribution in [0.5, 0.6) is 0 Å². The molecule has 84 valence electrons. The molecule has 1 aliphatic rings. The normalized spacial score (nSPS) is 21.0. The first-order valence-electron chi connectivity index (χ1n) is 5.52. The van der Waals surface area contributed by atoms with E-state index in [-0.39, 0.29) is 0 Å². The van der Waals surface area contributed by atoms with Gasteiger partial charge in [0.15, 0.2) is 0 Å². The van der Waals surface area contributed by atoms with Crippen LogP contribution < -0.4 is 0 Å². The quantitative estimate of drug-likeness (QED) is 0.888. The smallest absolute Gasteiger partial charge is 0.0701 e. The van der Waals surface area contributed by atoms with E-state index in [1.165, 1.54) is 24.1 Å². The molecule has 1 aromatic heterocycles. The Balaban J connectivity index is 1.90. The van der Waals surface area contributed by atoms with Gasteiger partial charge in [-0.05, 0) is 47.3 Å². The summed E-state index contributed by atoms with van der Waals surface area (Å²) >= 11 is 5.18. The van der Waals surface area contributed by atoms with Crippen LogP contribution in [0.4, 0.5) is 0 Å². The van der Waals surface area contributed by atoms with Gasteiger partial charge in [-0.3, -0.25) is 0 Å². The van der Waals surface area contributed by atoms with Gasteiger partial charge in [-0.2, -0.15) is 0 Å². The fraction of sp³-hybridized carbons (Fsp3) is 0.667. The van der Waals surface area contributed by atoms with E-state index in [9.17, 15) is 5.11 Å². The Morgan fingerprint density at radius 2 is 2.27 bits per heavy atom. The maximum Gasteiger partial charge on any atom is 0.0701 e. The Kier molecular flexibility index (Phi) is 3.53. The zero-order chi connectivity index (χ0) is 10.9. The van der Waals surface area contributed by atoms with Gasteiger partial charge in [-0.1, -0.05) is 19.3 Å². The van der Waals surface area contributed by atoms with Crippen molar-refractivity contribution in [3.63, 3.8) is 0 Å². The van der Waals surface area contributed by atoms with E-state index in [4.69, 9.17) is 0 Å². The highest BCUT2D eigenvalue weighted by Gasteiger charge is 2.29. The maximum absolute atomic E-state index is 10.3. The van der Waals surface area contributed by atoms with Crippen LogP contribution in [0, 0.1) is 5.92 Å². The second-order valence-corrected chi connectivity index (χ2v) is 7.43. The lowest BCUT2D eigenvalue weighted by atomic mass is 9.77. The van der Waals surface area contributed by atoms with Crippen molar-refractivity contribution in [1.82, 2.24) is 0 Å². The molecule has 1 aliphatic carbocycles. The lowest BCUT2D eigenvalue weighted by Crippen LogP contribution is -2.32. The van der Waals surface area contributed by atoms with Crippen LogP contribution in [0.2, 0.25) is 0 Å². The Morgan fingerprint density at radius 3 is 2.73 bits per heavy atom. The molecule has 0 amide bonds. The predicted octanol–water partition coefficient (Wildman–Crippen LogP) is 3.99. The molecule has 0 bridgehead atoms. The van der Waals surface area contributed by atoms with Gasteiger partial charge in [0, 0.05) is 11.3 Å². The molecule has 1 unspecified atom stereocenters. The van der Waals surface area contributed by atoms with Crippen molar-refractivity contribution in [3.05, 3.63) is 20.8 Å². The summed E-state index contributed by atoms with van der Waals surface area (Å²) in [5.41, 5.74) is -0.518. The molecule has 2 rings (SSSR count). The fourth-order valence-electron chi connectivity index (χ4n) is 2.21. The molecule has 1 atom stereocenters. The SMILES string of the molecule is CC(O)(Cc1ccc(Br)s1)CC1CCC1. The van der Waals surface area contributed by atoms with Crippen molar-refractivity contribution in [2.45, 2.75) is 44.6 Å². The maximum atomic E-state index is 10.3. The molecule has 0 radical (unpaired) electrons. The summed E-state index contributed by atoms with van der Waals surface area (Å²) in [5.74, 6) is 0.767. The average molecular weight is 289 g/mol. The second-order valence-electron chi connectivity index (χ2n) is 4.88. The number of thiophene rings is 1. The molecule has 15 heavy (non-hydrogen) atoms. The van der Waals surface area contributed by atoms with E-state index < -0.39 is 5.60 Å².